The normalized spacial score (nSPS) is 32.2. The molecule has 1 heteroatoms. The highest BCUT2D eigenvalue weighted by atomic mass is 14.9. The molecular weight excluding hydrogens is 182 g/mol. The van der Waals surface area contributed by atoms with Crippen molar-refractivity contribution in [2.45, 2.75) is 65.3 Å². The maximum atomic E-state index is 3.51. The van der Waals surface area contributed by atoms with Crippen molar-refractivity contribution >= 4 is 0 Å². The second-order valence-corrected chi connectivity index (χ2v) is 5.90. The van der Waals surface area contributed by atoms with Gasteiger partial charge in [-0.25, -0.2) is 0 Å². The number of rotatable bonds is 5. The molecule has 1 rings (SSSR count). The van der Waals surface area contributed by atoms with E-state index in [1.165, 1.54) is 38.5 Å². The van der Waals surface area contributed by atoms with Gasteiger partial charge in [0.1, 0.15) is 0 Å². The Bertz CT molecular complexity index is 165. The fourth-order valence-electron chi connectivity index (χ4n) is 2.99. The molecule has 0 spiro atoms. The van der Waals surface area contributed by atoms with Crippen LogP contribution >= 0.6 is 0 Å². The molecule has 0 saturated heterocycles. The van der Waals surface area contributed by atoms with Gasteiger partial charge in [0.2, 0.25) is 0 Å². The third-order valence-corrected chi connectivity index (χ3v) is 3.97. The molecule has 0 heterocycles. The van der Waals surface area contributed by atoms with Gasteiger partial charge in [-0.15, -0.1) is 0 Å². The summed E-state index contributed by atoms with van der Waals surface area (Å²) < 4.78 is 0. The predicted octanol–water partition coefficient (Wildman–Crippen LogP) is 3.84. The zero-order chi connectivity index (χ0) is 11.3. The molecular formula is C14H29N. The zero-order valence-electron chi connectivity index (χ0n) is 11.1. The molecule has 3 unspecified atom stereocenters. The third kappa shape index (κ3) is 4.55. The van der Waals surface area contributed by atoms with Crippen LogP contribution in [0.1, 0.15) is 59.3 Å². The average molecular weight is 211 g/mol. The summed E-state index contributed by atoms with van der Waals surface area (Å²) in [5, 5.41) is 3.51. The summed E-state index contributed by atoms with van der Waals surface area (Å²) in [6, 6.07) is 0.799. The number of hydrogen-bond acceptors (Lipinski definition) is 1. The molecule has 1 aliphatic carbocycles. The maximum Gasteiger partial charge on any atom is 0.00925 e. The van der Waals surface area contributed by atoms with E-state index in [0.29, 0.717) is 0 Å². The Balaban J connectivity index is 2.28. The van der Waals surface area contributed by atoms with Gasteiger partial charge < -0.3 is 5.32 Å². The largest absolute Gasteiger partial charge is 0.317 e. The quantitative estimate of drug-likeness (QED) is 0.728. The van der Waals surface area contributed by atoms with Crippen LogP contribution < -0.4 is 5.32 Å². The minimum absolute atomic E-state index is 0.799. The highest BCUT2D eigenvalue weighted by Crippen LogP contribution is 2.32. The fourth-order valence-corrected chi connectivity index (χ4v) is 2.99. The Kier molecular flexibility index (Phi) is 5.66. The molecule has 0 aromatic rings. The number of hydrogen-bond donors (Lipinski definition) is 1. The van der Waals surface area contributed by atoms with E-state index in [0.717, 1.165) is 23.8 Å². The Morgan fingerprint density at radius 3 is 2.60 bits per heavy atom. The van der Waals surface area contributed by atoms with Crippen molar-refractivity contribution in [1.82, 2.24) is 5.32 Å². The summed E-state index contributed by atoms with van der Waals surface area (Å²) in [5.74, 6) is 2.77. The highest BCUT2D eigenvalue weighted by molar-refractivity contribution is 4.82. The lowest BCUT2D eigenvalue weighted by Crippen LogP contribution is -2.38. The van der Waals surface area contributed by atoms with Crippen molar-refractivity contribution in [3.63, 3.8) is 0 Å². The topological polar surface area (TPSA) is 12.0 Å². The van der Waals surface area contributed by atoms with Gasteiger partial charge in [0.25, 0.3) is 0 Å². The monoisotopic (exact) mass is 211 g/mol. The van der Waals surface area contributed by atoms with Crippen molar-refractivity contribution in [2.24, 2.45) is 17.8 Å². The molecule has 0 amide bonds. The van der Waals surface area contributed by atoms with Gasteiger partial charge in [0, 0.05) is 6.04 Å². The van der Waals surface area contributed by atoms with Gasteiger partial charge in [0.15, 0.2) is 0 Å². The summed E-state index contributed by atoms with van der Waals surface area (Å²) in [7, 11) is 2.14. The minimum atomic E-state index is 0.799. The molecule has 0 radical (unpaired) electrons. The van der Waals surface area contributed by atoms with Crippen molar-refractivity contribution in [2.75, 3.05) is 7.05 Å². The second kappa shape index (κ2) is 6.52. The van der Waals surface area contributed by atoms with Gasteiger partial charge in [-0.1, -0.05) is 33.6 Å². The second-order valence-electron chi connectivity index (χ2n) is 5.90. The van der Waals surface area contributed by atoms with E-state index < -0.39 is 0 Å². The van der Waals surface area contributed by atoms with Crippen LogP contribution in [0.25, 0.3) is 0 Å². The lowest BCUT2D eigenvalue weighted by atomic mass is 9.76. The maximum absolute atomic E-state index is 3.51. The fraction of sp³-hybridized carbons (Fsp3) is 1.00. The molecule has 3 atom stereocenters. The van der Waals surface area contributed by atoms with Gasteiger partial charge in [-0.2, -0.15) is 0 Å². The lowest BCUT2D eigenvalue weighted by molar-refractivity contribution is 0.205. The first-order valence-electron chi connectivity index (χ1n) is 6.80. The van der Waals surface area contributed by atoms with E-state index in [9.17, 15) is 0 Å². The van der Waals surface area contributed by atoms with Crippen LogP contribution in [0.4, 0.5) is 0 Å². The van der Waals surface area contributed by atoms with Gasteiger partial charge in [-0.05, 0) is 50.5 Å². The first-order valence-corrected chi connectivity index (χ1v) is 6.80. The smallest absolute Gasteiger partial charge is 0.00925 e. The molecule has 0 bridgehead atoms. The Hall–Kier alpha value is -0.0400. The van der Waals surface area contributed by atoms with Crippen LogP contribution in [-0.2, 0) is 0 Å². The zero-order valence-corrected chi connectivity index (χ0v) is 11.1. The molecule has 0 aromatic heterocycles. The van der Waals surface area contributed by atoms with Crippen LogP contribution in [0.5, 0.6) is 0 Å². The summed E-state index contributed by atoms with van der Waals surface area (Å²) in [4.78, 5) is 0. The van der Waals surface area contributed by atoms with E-state index in [1.807, 2.05) is 0 Å². The molecule has 0 aliphatic heterocycles. The Morgan fingerprint density at radius 2 is 2.00 bits per heavy atom. The van der Waals surface area contributed by atoms with E-state index in [2.05, 4.69) is 33.1 Å². The summed E-state index contributed by atoms with van der Waals surface area (Å²) in [6.45, 7) is 7.08. The molecule has 1 N–H and O–H groups in total. The third-order valence-electron chi connectivity index (χ3n) is 3.97. The molecule has 90 valence electrons. The van der Waals surface area contributed by atoms with Gasteiger partial charge in [-0.3, -0.25) is 0 Å². The van der Waals surface area contributed by atoms with Crippen LogP contribution in [-0.4, -0.2) is 13.1 Å². The molecule has 0 aromatic carbocycles. The summed E-state index contributed by atoms with van der Waals surface area (Å²) >= 11 is 0. The highest BCUT2D eigenvalue weighted by Gasteiger charge is 2.26. The number of nitrogens with one attached hydrogen (secondary N) is 1. The summed E-state index contributed by atoms with van der Waals surface area (Å²) in [6.07, 6.45) is 8.53. The lowest BCUT2D eigenvalue weighted by Gasteiger charge is -2.35. The average Bonchev–Trinajstić information content (AvgIpc) is 2.17. The first kappa shape index (κ1) is 13.0. The van der Waals surface area contributed by atoms with E-state index >= 15 is 0 Å². The first-order chi connectivity index (χ1) is 7.13. The molecule has 1 nitrogen and oxygen atoms in total. The van der Waals surface area contributed by atoms with E-state index in [1.54, 1.807) is 0 Å². The molecule has 1 aliphatic rings. The standard InChI is InChI=1S/C14H29N/c1-11(2)6-5-7-13-10-12(3)8-9-14(13)15-4/h11-15H,5-10H2,1-4H3. The van der Waals surface area contributed by atoms with Crippen LogP contribution in [0.3, 0.4) is 0 Å². The Morgan fingerprint density at radius 1 is 1.27 bits per heavy atom. The molecule has 1 fully saturated rings. The van der Waals surface area contributed by atoms with Crippen LogP contribution in [0, 0.1) is 17.8 Å². The summed E-state index contributed by atoms with van der Waals surface area (Å²) in [5.41, 5.74) is 0. The van der Waals surface area contributed by atoms with E-state index in [4.69, 9.17) is 0 Å². The minimum Gasteiger partial charge on any atom is -0.317 e. The van der Waals surface area contributed by atoms with Gasteiger partial charge in [0.05, 0.1) is 0 Å². The van der Waals surface area contributed by atoms with E-state index in [-0.39, 0.29) is 0 Å². The van der Waals surface area contributed by atoms with Crippen LogP contribution in [0.2, 0.25) is 0 Å². The SMILES string of the molecule is CNC1CCC(C)CC1CCCC(C)C. The van der Waals surface area contributed by atoms with Crippen molar-refractivity contribution in [3.8, 4) is 0 Å². The predicted molar refractivity (Wildman–Crippen MR) is 68.0 cm³/mol. The van der Waals surface area contributed by atoms with Crippen LogP contribution in [0.15, 0.2) is 0 Å². The van der Waals surface area contributed by atoms with Crippen molar-refractivity contribution < 1.29 is 0 Å². The van der Waals surface area contributed by atoms with Crippen molar-refractivity contribution in [3.05, 3.63) is 0 Å². The van der Waals surface area contributed by atoms with Crippen molar-refractivity contribution in [1.29, 1.82) is 0 Å². The van der Waals surface area contributed by atoms with Gasteiger partial charge >= 0.3 is 0 Å². The molecule has 1 saturated carbocycles. The molecule has 15 heavy (non-hydrogen) atoms. The Labute approximate surface area is 96.0 Å².